The molecule has 1 aromatic carbocycles. The van der Waals surface area contributed by atoms with Gasteiger partial charge in [0.2, 0.25) is 0 Å². The zero-order valence-electron chi connectivity index (χ0n) is 12.7. The molecule has 1 N–H and O–H groups in total. The van der Waals surface area contributed by atoms with Gasteiger partial charge in [0.15, 0.2) is 0 Å². The summed E-state index contributed by atoms with van der Waals surface area (Å²) in [5.74, 6) is 0.546. The van der Waals surface area contributed by atoms with Crippen LogP contribution in [-0.2, 0) is 4.79 Å². The normalized spacial score (nSPS) is 32.8. The first-order valence-electron chi connectivity index (χ1n) is 8.26. The Balaban J connectivity index is 1.99. The number of carbonyl (C=O) groups excluding carboxylic acids is 1. The molecule has 118 valence electrons. The highest BCUT2D eigenvalue weighted by Crippen LogP contribution is 2.46. The quantitative estimate of drug-likeness (QED) is 0.669. The fraction of sp³-hybridized carbons (Fsp3) is 0.526. The average molecular weight is 319 g/mol. The van der Waals surface area contributed by atoms with Gasteiger partial charge in [-0.1, -0.05) is 30.3 Å². The molecule has 0 heterocycles. The van der Waals surface area contributed by atoms with Crippen molar-refractivity contribution in [3.63, 3.8) is 0 Å². The highest BCUT2D eigenvalue weighted by Gasteiger charge is 2.38. The van der Waals surface area contributed by atoms with Crippen molar-refractivity contribution in [2.45, 2.75) is 50.0 Å². The first kappa shape index (κ1) is 15.8. The molecule has 0 radical (unpaired) electrons. The van der Waals surface area contributed by atoms with E-state index in [1.807, 2.05) is 18.2 Å². The standard InChI is InChI=1S/C19H23ClO2/c20-18-10-9-15(22)11-17(18)16-8-4-7-14(12-21)19(16)13-5-2-1-3-6-13/h1-3,5-6,12,15-18,22H,4,7-11H2. The van der Waals surface area contributed by atoms with Crippen molar-refractivity contribution in [1.82, 2.24) is 0 Å². The lowest BCUT2D eigenvalue weighted by molar-refractivity contribution is -0.105. The van der Waals surface area contributed by atoms with Gasteiger partial charge in [0, 0.05) is 5.38 Å². The van der Waals surface area contributed by atoms with Crippen LogP contribution in [0.25, 0.3) is 5.57 Å². The first-order valence-corrected chi connectivity index (χ1v) is 8.70. The molecule has 3 rings (SSSR count). The molecule has 0 aliphatic heterocycles. The fourth-order valence-electron chi connectivity index (χ4n) is 4.16. The van der Waals surface area contributed by atoms with E-state index in [0.717, 1.165) is 55.9 Å². The van der Waals surface area contributed by atoms with E-state index in [4.69, 9.17) is 11.6 Å². The Bertz CT molecular complexity index is 552. The summed E-state index contributed by atoms with van der Waals surface area (Å²) in [6.07, 6.45) is 6.13. The minimum absolute atomic E-state index is 0.0955. The number of allylic oxidation sites excluding steroid dienone is 2. The third-order valence-electron chi connectivity index (χ3n) is 5.21. The van der Waals surface area contributed by atoms with E-state index in [9.17, 15) is 9.90 Å². The second-order valence-corrected chi connectivity index (χ2v) is 7.13. The van der Waals surface area contributed by atoms with Gasteiger partial charge in [0.1, 0.15) is 6.29 Å². The molecule has 0 bridgehead atoms. The Hall–Kier alpha value is -1.12. The van der Waals surface area contributed by atoms with Crippen LogP contribution in [0.5, 0.6) is 0 Å². The van der Waals surface area contributed by atoms with Gasteiger partial charge in [-0.3, -0.25) is 4.79 Å². The summed E-state index contributed by atoms with van der Waals surface area (Å²) in [5.41, 5.74) is 3.23. The number of aliphatic hydroxyl groups excluding tert-OH is 1. The van der Waals surface area contributed by atoms with Gasteiger partial charge in [0.05, 0.1) is 6.10 Å². The number of rotatable bonds is 3. The predicted octanol–water partition coefficient (Wildman–Crippen LogP) is 4.21. The molecule has 0 aromatic heterocycles. The van der Waals surface area contributed by atoms with Crippen LogP contribution in [0, 0.1) is 11.8 Å². The largest absolute Gasteiger partial charge is 0.393 e. The van der Waals surface area contributed by atoms with Crippen LogP contribution in [-0.4, -0.2) is 22.9 Å². The second kappa shape index (κ2) is 6.97. The maximum Gasteiger partial charge on any atom is 0.146 e. The van der Waals surface area contributed by atoms with Crippen LogP contribution < -0.4 is 0 Å². The van der Waals surface area contributed by atoms with Gasteiger partial charge < -0.3 is 5.11 Å². The highest BCUT2D eigenvalue weighted by atomic mass is 35.5. The highest BCUT2D eigenvalue weighted by molar-refractivity contribution is 6.21. The molecule has 4 unspecified atom stereocenters. The van der Waals surface area contributed by atoms with E-state index in [2.05, 4.69) is 12.1 Å². The number of benzene rings is 1. The van der Waals surface area contributed by atoms with E-state index in [1.165, 1.54) is 5.57 Å². The molecule has 4 atom stereocenters. The Labute approximate surface area is 137 Å². The van der Waals surface area contributed by atoms with Crippen LogP contribution in [0.15, 0.2) is 35.9 Å². The Morgan fingerprint density at radius 3 is 2.64 bits per heavy atom. The number of aliphatic hydroxyl groups is 1. The van der Waals surface area contributed by atoms with Crippen LogP contribution >= 0.6 is 11.6 Å². The number of alkyl halides is 1. The number of hydrogen-bond acceptors (Lipinski definition) is 2. The molecule has 1 aromatic rings. The molecule has 0 saturated heterocycles. The first-order chi connectivity index (χ1) is 10.7. The van der Waals surface area contributed by atoms with Crippen molar-refractivity contribution < 1.29 is 9.90 Å². The van der Waals surface area contributed by atoms with Crippen molar-refractivity contribution >= 4 is 23.5 Å². The van der Waals surface area contributed by atoms with Crippen molar-refractivity contribution in [2.75, 3.05) is 0 Å². The number of aldehydes is 1. The number of carbonyl (C=O) groups is 1. The van der Waals surface area contributed by atoms with Gasteiger partial charge in [-0.05, 0) is 67.1 Å². The molecule has 3 heteroatoms. The fourth-order valence-corrected chi connectivity index (χ4v) is 4.56. The lowest BCUT2D eigenvalue weighted by atomic mass is 9.68. The van der Waals surface area contributed by atoms with Crippen LogP contribution in [0.4, 0.5) is 0 Å². The minimum atomic E-state index is -0.251. The molecule has 22 heavy (non-hydrogen) atoms. The lowest BCUT2D eigenvalue weighted by Crippen LogP contribution is -2.35. The summed E-state index contributed by atoms with van der Waals surface area (Å²) in [6, 6.07) is 10.2. The molecular weight excluding hydrogens is 296 g/mol. The minimum Gasteiger partial charge on any atom is -0.393 e. The Kier molecular flexibility index (Phi) is 5.00. The predicted molar refractivity (Wildman–Crippen MR) is 89.8 cm³/mol. The van der Waals surface area contributed by atoms with Gasteiger partial charge in [0.25, 0.3) is 0 Å². The van der Waals surface area contributed by atoms with Gasteiger partial charge in [-0.15, -0.1) is 11.6 Å². The van der Waals surface area contributed by atoms with E-state index < -0.39 is 0 Å². The van der Waals surface area contributed by atoms with Crippen molar-refractivity contribution in [2.24, 2.45) is 11.8 Å². The van der Waals surface area contributed by atoms with Gasteiger partial charge >= 0.3 is 0 Å². The van der Waals surface area contributed by atoms with Gasteiger partial charge in [-0.25, -0.2) is 0 Å². The van der Waals surface area contributed by atoms with Crippen molar-refractivity contribution in [3.8, 4) is 0 Å². The summed E-state index contributed by atoms with van der Waals surface area (Å²) < 4.78 is 0. The zero-order chi connectivity index (χ0) is 15.5. The third-order valence-corrected chi connectivity index (χ3v) is 5.75. The molecule has 0 spiro atoms. The SMILES string of the molecule is O=CC1=C(c2ccccc2)C(C2CC(O)CCC2Cl)CCC1. The molecular formula is C19H23ClO2. The monoisotopic (exact) mass is 318 g/mol. The molecule has 1 fully saturated rings. The summed E-state index contributed by atoms with van der Waals surface area (Å²) >= 11 is 6.60. The van der Waals surface area contributed by atoms with Gasteiger partial charge in [-0.2, -0.15) is 0 Å². The molecule has 1 saturated carbocycles. The summed E-state index contributed by atoms with van der Waals surface area (Å²) in [5, 5.41) is 10.2. The Morgan fingerprint density at radius 1 is 1.14 bits per heavy atom. The smallest absolute Gasteiger partial charge is 0.146 e. The zero-order valence-corrected chi connectivity index (χ0v) is 13.5. The molecule has 2 nitrogen and oxygen atoms in total. The summed E-state index contributed by atoms with van der Waals surface area (Å²) in [7, 11) is 0. The van der Waals surface area contributed by atoms with E-state index in [-0.39, 0.29) is 23.3 Å². The average Bonchev–Trinajstić information content (AvgIpc) is 2.57. The number of halogens is 1. The van der Waals surface area contributed by atoms with Crippen LogP contribution in [0.1, 0.15) is 44.1 Å². The molecule has 2 aliphatic carbocycles. The van der Waals surface area contributed by atoms with Crippen molar-refractivity contribution in [1.29, 1.82) is 0 Å². The Morgan fingerprint density at radius 2 is 1.91 bits per heavy atom. The van der Waals surface area contributed by atoms with Crippen LogP contribution in [0.3, 0.4) is 0 Å². The summed E-state index contributed by atoms with van der Waals surface area (Å²) in [4.78, 5) is 11.6. The lowest BCUT2D eigenvalue weighted by Gasteiger charge is -2.40. The van der Waals surface area contributed by atoms with Crippen LogP contribution in [0.2, 0.25) is 0 Å². The van der Waals surface area contributed by atoms with Crippen molar-refractivity contribution in [3.05, 3.63) is 41.5 Å². The third kappa shape index (κ3) is 3.13. The number of hydrogen-bond donors (Lipinski definition) is 1. The summed E-state index contributed by atoms with van der Waals surface area (Å²) in [6.45, 7) is 0. The maximum absolute atomic E-state index is 11.6. The van der Waals surface area contributed by atoms with E-state index in [1.54, 1.807) is 0 Å². The maximum atomic E-state index is 11.6. The topological polar surface area (TPSA) is 37.3 Å². The van der Waals surface area contributed by atoms with E-state index in [0.29, 0.717) is 0 Å². The molecule has 2 aliphatic rings. The van der Waals surface area contributed by atoms with E-state index >= 15 is 0 Å². The second-order valence-electron chi connectivity index (χ2n) is 6.57. The molecule has 0 amide bonds.